The number of nitrogens with zero attached hydrogens (tertiary/aromatic N) is 1. The van der Waals surface area contributed by atoms with Crippen molar-refractivity contribution in [2.24, 2.45) is 5.73 Å². The lowest BCUT2D eigenvalue weighted by molar-refractivity contribution is 0.0941. The summed E-state index contributed by atoms with van der Waals surface area (Å²) in [6, 6.07) is 11.1. The van der Waals surface area contributed by atoms with Gasteiger partial charge in [0.1, 0.15) is 0 Å². The third-order valence-corrected chi connectivity index (χ3v) is 7.47. The van der Waals surface area contributed by atoms with Crippen molar-refractivity contribution in [3.63, 3.8) is 0 Å². The number of nitrogens with two attached hydrogens (primary N) is 1. The van der Waals surface area contributed by atoms with E-state index in [4.69, 9.17) is 5.73 Å². The van der Waals surface area contributed by atoms with E-state index in [1.807, 2.05) is 0 Å². The van der Waals surface area contributed by atoms with Crippen LogP contribution in [0.1, 0.15) is 42.7 Å². The van der Waals surface area contributed by atoms with Crippen LogP contribution in [0.3, 0.4) is 0 Å². The third-order valence-electron chi connectivity index (χ3n) is 5.43. The van der Waals surface area contributed by atoms with Crippen LogP contribution in [0.2, 0.25) is 0 Å². The topological polar surface area (TPSA) is 154 Å². The van der Waals surface area contributed by atoms with Gasteiger partial charge in [-0.15, -0.1) is 0 Å². The number of benzene rings is 2. The van der Waals surface area contributed by atoms with E-state index in [1.54, 1.807) is 45.0 Å². The van der Waals surface area contributed by atoms with E-state index in [9.17, 15) is 22.8 Å². The molecule has 0 aliphatic rings. The molecule has 5 N–H and O–H groups in total. The molecule has 180 valence electrons. The third kappa shape index (κ3) is 5.26. The van der Waals surface area contributed by atoms with E-state index >= 15 is 0 Å². The largest absolute Gasteiger partial charge is 0.351 e. The van der Waals surface area contributed by atoms with Gasteiger partial charge in [-0.05, 0) is 42.8 Å². The molecule has 0 radical (unpaired) electrons. The Morgan fingerprint density at radius 1 is 1.06 bits per heavy atom. The summed E-state index contributed by atoms with van der Waals surface area (Å²) in [5, 5.41) is 5.61. The van der Waals surface area contributed by atoms with Gasteiger partial charge in [0.05, 0.1) is 16.5 Å². The monoisotopic (exact) mass is 485 g/mol. The Kier molecular flexibility index (Phi) is 7.38. The second-order valence-electron chi connectivity index (χ2n) is 7.65. The Balaban J connectivity index is 1.95. The standard InChI is InChI=1S/C23H27N5O5S/c1-4-28(5-2)34(32,33)17-10-11-20-18(12-17)19(13-21(29)27-20)22(30)25-14(3)15-6-8-16(9-7-15)26-23(24)31/h6-14H,4-5H2,1-3H3,(H,25,30)(H,27,29)(H3,24,26,31). The number of hydrogen-bond donors (Lipinski definition) is 4. The molecule has 3 rings (SSSR count). The SMILES string of the molecule is CCN(CC)S(=O)(=O)c1ccc2[nH]c(=O)cc(C(=O)NC(C)c3ccc(NC(N)=O)cc3)c2c1. The van der Waals surface area contributed by atoms with Crippen molar-refractivity contribution in [1.82, 2.24) is 14.6 Å². The minimum Gasteiger partial charge on any atom is -0.351 e. The van der Waals surface area contributed by atoms with Crippen LogP contribution in [0.5, 0.6) is 0 Å². The molecule has 10 nitrogen and oxygen atoms in total. The molecule has 34 heavy (non-hydrogen) atoms. The van der Waals surface area contributed by atoms with Crippen LogP contribution < -0.4 is 21.9 Å². The number of aromatic amines is 1. The van der Waals surface area contributed by atoms with Crippen molar-refractivity contribution in [3.05, 3.63) is 70.0 Å². The molecule has 1 unspecified atom stereocenters. The summed E-state index contributed by atoms with van der Waals surface area (Å²) in [4.78, 5) is 38.9. The zero-order valence-electron chi connectivity index (χ0n) is 19.1. The van der Waals surface area contributed by atoms with Crippen molar-refractivity contribution in [2.45, 2.75) is 31.7 Å². The average Bonchev–Trinajstić information content (AvgIpc) is 2.78. The van der Waals surface area contributed by atoms with Crippen molar-refractivity contribution in [2.75, 3.05) is 18.4 Å². The number of sulfonamides is 1. The van der Waals surface area contributed by atoms with Gasteiger partial charge in [-0.25, -0.2) is 13.2 Å². The number of fused-ring (bicyclic) bond motifs is 1. The van der Waals surface area contributed by atoms with Gasteiger partial charge in [-0.3, -0.25) is 9.59 Å². The van der Waals surface area contributed by atoms with Crippen molar-refractivity contribution in [1.29, 1.82) is 0 Å². The number of pyridine rings is 1. The van der Waals surface area contributed by atoms with Gasteiger partial charge in [0.2, 0.25) is 15.6 Å². The highest BCUT2D eigenvalue weighted by Crippen LogP contribution is 2.24. The summed E-state index contributed by atoms with van der Waals surface area (Å²) < 4.78 is 27.2. The molecule has 0 spiro atoms. The normalized spacial score (nSPS) is 12.5. The summed E-state index contributed by atoms with van der Waals surface area (Å²) in [5.74, 6) is -0.527. The summed E-state index contributed by atoms with van der Waals surface area (Å²) in [6.45, 7) is 5.87. The van der Waals surface area contributed by atoms with E-state index in [1.165, 1.54) is 22.5 Å². The molecule has 0 aliphatic heterocycles. The molecule has 0 saturated carbocycles. The number of carbonyl (C=O) groups is 2. The van der Waals surface area contributed by atoms with Crippen LogP contribution in [0, 0.1) is 0 Å². The summed E-state index contributed by atoms with van der Waals surface area (Å²) in [7, 11) is -3.75. The lowest BCUT2D eigenvalue weighted by Gasteiger charge is -2.19. The van der Waals surface area contributed by atoms with Crippen LogP contribution >= 0.6 is 0 Å². The lowest BCUT2D eigenvalue weighted by Crippen LogP contribution is -2.31. The zero-order chi connectivity index (χ0) is 25.0. The highest BCUT2D eigenvalue weighted by Gasteiger charge is 2.23. The van der Waals surface area contributed by atoms with Crippen molar-refractivity contribution >= 4 is 38.6 Å². The molecule has 0 saturated heterocycles. The first kappa shape index (κ1) is 24.9. The van der Waals surface area contributed by atoms with E-state index in [0.29, 0.717) is 29.7 Å². The van der Waals surface area contributed by atoms with E-state index in [-0.39, 0.29) is 10.5 Å². The smallest absolute Gasteiger partial charge is 0.316 e. The van der Waals surface area contributed by atoms with Gasteiger partial charge in [-0.2, -0.15) is 4.31 Å². The molecular weight excluding hydrogens is 458 g/mol. The second-order valence-corrected chi connectivity index (χ2v) is 9.59. The fourth-order valence-corrected chi connectivity index (χ4v) is 5.13. The number of aromatic nitrogens is 1. The van der Waals surface area contributed by atoms with Gasteiger partial charge < -0.3 is 21.4 Å². The first-order chi connectivity index (χ1) is 16.1. The average molecular weight is 486 g/mol. The van der Waals surface area contributed by atoms with Gasteiger partial charge in [-0.1, -0.05) is 26.0 Å². The number of H-pyrrole nitrogens is 1. The fourth-order valence-electron chi connectivity index (χ4n) is 3.65. The maximum absolute atomic E-state index is 13.1. The second kappa shape index (κ2) is 10.1. The highest BCUT2D eigenvalue weighted by atomic mass is 32.2. The maximum atomic E-state index is 13.1. The molecule has 0 bridgehead atoms. The van der Waals surface area contributed by atoms with Crippen molar-refractivity contribution < 1.29 is 18.0 Å². The first-order valence-electron chi connectivity index (χ1n) is 10.7. The minimum absolute atomic E-state index is 0.0374. The number of urea groups is 1. The number of primary amides is 1. The molecule has 0 aliphatic carbocycles. The predicted octanol–water partition coefficient (Wildman–Crippen LogP) is 2.54. The minimum atomic E-state index is -3.75. The molecule has 3 amide bonds. The van der Waals surface area contributed by atoms with E-state index < -0.39 is 33.6 Å². The Hall–Kier alpha value is -3.70. The van der Waals surface area contributed by atoms with Gasteiger partial charge in [0.15, 0.2) is 0 Å². The highest BCUT2D eigenvalue weighted by molar-refractivity contribution is 7.89. The summed E-state index contributed by atoms with van der Waals surface area (Å²) in [5.41, 5.74) is 6.30. The van der Waals surface area contributed by atoms with Crippen LogP contribution in [0.4, 0.5) is 10.5 Å². The Bertz CT molecular complexity index is 1380. The van der Waals surface area contributed by atoms with Crippen LogP contribution in [0.25, 0.3) is 10.9 Å². The first-order valence-corrected chi connectivity index (χ1v) is 12.1. The number of rotatable bonds is 8. The quantitative estimate of drug-likeness (QED) is 0.386. The number of hydrogen-bond acceptors (Lipinski definition) is 5. The van der Waals surface area contributed by atoms with Crippen molar-refractivity contribution in [3.8, 4) is 0 Å². The van der Waals surface area contributed by atoms with Gasteiger partial charge in [0.25, 0.3) is 5.91 Å². The van der Waals surface area contributed by atoms with Crippen LogP contribution in [-0.2, 0) is 10.0 Å². The van der Waals surface area contributed by atoms with E-state index in [2.05, 4.69) is 15.6 Å². The summed E-state index contributed by atoms with van der Waals surface area (Å²) >= 11 is 0. The van der Waals surface area contributed by atoms with Crippen LogP contribution in [-0.4, -0.2) is 42.7 Å². The molecule has 2 aromatic carbocycles. The molecule has 1 atom stereocenters. The number of nitrogens with one attached hydrogen (secondary N) is 3. The van der Waals surface area contributed by atoms with Gasteiger partial charge in [0, 0.05) is 35.7 Å². The zero-order valence-corrected chi connectivity index (χ0v) is 19.9. The number of carbonyl (C=O) groups excluding carboxylic acids is 2. The Labute approximate surface area is 197 Å². The molecule has 3 aromatic rings. The lowest BCUT2D eigenvalue weighted by atomic mass is 10.1. The Morgan fingerprint density at radius 2 is 1.71 bits per heavy atom. The predicted molar refractivity (Wildman–Crippen MR) is 130 cm³/mol. The molecule has 1 heterocycles. The maximum Gasteiger partial charge on any atom is 0.316 e. The summed E-state index contributed by atoms with van der Waals surface area (Å²) in [6.07, 6.45) is 0. The number of anilines is 1. The molecular formula is C23H27N5O5S. The van der Waals surface area contributed by atoms with Gasteiger partial charge >= 0.3 is 6.03 Å². The molecule has 1 aromatic heterocycles. The molecule has 0 fully saturated rings. The van der Waals surface area contributed by atoms with Crippen LogP contribution in [0.15, 0.2) is 58.2 Å². The van der Waals surface area contributed by atoms with E-state index in [0.717, 1.165) is 11.6 Å². The fraction of sp³-hybridized carbons (Fsp3) is 0.261. The number of amides is 3. The molecule has 11 heteroatoms. The Morgan fingerprint density at radius 3 is 2.29 bits per heavy atom.